The molecule has 0 bridgehead atoms. The van der Waals surface area contributed by atoms with Crippen molar-refractivity contribution in [3.05, 3.63) is 34.6 Å². The summed E-state index contributed by atoms with van der Waals surface area (Å²) in [5, 5.41) is 0. The van der Waals surface area contributed by atoms with Crippen molar-refractivity contribution in [3.8, 4) is 0 Å². The van der Waals surface area contributed by atoms with Crippen LogP contribution < -0.4 is 5.73 Å². The Morgan fingerprint density at radius 1 is 1.35 bits per heavy atom. The summed E-state index contributed by atoms with van der Waals surface area (Å²) in [4.78, 5) is 0. The van der Waals surface area contributed by atoms with Gasteiger partial charge in [-0.3, -0.25) is 0 Å². The van der Waals surface area contributed by atoms with E-state index in [1.54, 1.807) is 6.20 Å². The van der Waals surface area contributed by atoms with Crippen molar-refractivity contribution >= 4 is 0 Å². The third kappa shape index (κ3) is 2.65. The van der Waals surface area contributed by atoms with Crippen molar-refractivity contribution in [2.75, 3.05) is 0 Å². The van der Waals surface area contributed by atoms with Gasteiger partial charge >= 0.3 is 0 Å². The first-order chi connectivity index (χ1) is 7.85. The van der Waals surface area contributed by atoms with E-state index in [1.165, 1.54) is 35.1 Å². The number of rotatable bonds is 2. The molecule has 0 heterocycles. The number of nitrogens with two attached hydrogens (primary N) is 1. The standard InChI is InChI=1S/C16H27N/c1-7-14-13(8-9-16(14,5)6)15(11(2)3)12(4)10-17/h7,10-11H,8-9,17H2,1-6H3/b12-10-,14-7?,15-13-. The Morgan fingerprint density at radius 3 is 2.35 bits per heavy atom. The first kappa shape index (κ1) is 14.1. The van der Waals surface area contributed by atoms with Gasteiger partial charge in [-0.25, -0.2) is 0 Å². The van der Waals surface area contributed by atoms with Gasteiger partial charge < -0.3 is 5.73 Å². The third-order valence-electron chi connectivity index (χ3n) is 3.92. The van der Waals surface area contributed by atoms with Crippen molar-refractivity contribution in [3.63, 3.8) is 0 Å². The molecule has 1 heteroatoms. The van der Waals surface area contributed by atoms with Crippen LogP contribution in [-0.2, 0) is 0 Å². The highest BCUT2D eigenvalue weighted by atomic mass is 14.5. The van der Waals surface area contributed by atoms with Crippen molar-refractivity contribution < 1.29 is 0 Å². The quantitative estimate of drug-likeness (QED) is 0.743. The molecule has 1 aliphatic rings. The minimum absolute atomic E-state index is 0.319. The van der Waals surface area contributed by atoms with Crippen LogP contribution in [0.5, 0.6) is 0 Å². The van der Waals surface area contributed by atoms with Crippen LogP contribution in [0.3, 0.4) is 0 Å². The molecule has 0 aromatic carbocycles. The minimum atomic E-state index is 0.319. The Bertz CT molecular complexity index is 378. The molecule has 2 N–H and O–H groups in total. The van der Waals surface area contributed by atoms with Crippen LogP contribution in [0.15, 0.2) is 34.6 Å². The Hall–Kier alpha value is -0.980. The summed E-state index contributed by atoms with van der Waals surface area (Å²) in [5.41, 5.74) is 11.8. The summed E-state index contributed by atoms with van der Waals surface area (Å²) < 4.78 is 0. The highest BCUT2D eigenvalue weighted by Crippen LogP contribution is 2.48. The molecule has 1 nitrogen and oxygen atoms in total. The maximum atomic E-state index is 5.72. The second-order valence-electron chi connectivity index (χ2n) is 5.98. The fourth-order valence-electron chi connectivity index (χ4n) is 3.09. The second-order valence-corrected chi connectivity index (χ2v) is 5.98. The van der Waals surface area contributed by atoms with E-state index in [0.29, 0.717) is 11.3 Å². The molecular weight excluding hydrogens is 206 g/mol. The Labute approximate surface area is 106 Å². The van der Waals surface area contributed by atoms with Crippen LogP contribution in [0.1, 0.15) is 54.4 Å². The summed E-state index contributed by atoms with van der Waals surface area (Å²) in [7, 11) is 0. The maximum absolute atomic E-state index is 5.72. The maximum Gasteiger partial charge on any atom is -0.00296 e. The van der Waals surface area contributed by atoms with Crippen molar-refractivity contribution in [2.45, 2.75) is 54.4 Å². The van der Waals surface area contributed by atoms with Gasteiger partial charge in [-0.1, -0.05) is 33.8 Å². The van der Waals surface area contributed by atoms with Gasteiger partial charge in [0.2, 0.25) is 0 Å². The summed E-state index contributed by atoms with van der Waals surface area (Å²) in [6.07, 6.45) is 6.47. The van der Waals surface area contributed by atoms with E-state index in [4.69, 9.17) is 5.73 Å². The lowest BCUT2D eigenvalue weighted by Gasteiger charge is -2.22. The summed E-state index contributed by atoms with van der Waals surface area (Å²) >= 11 is 0. The summed E-state index contributed by atoms with van der Waals surface area (Å²) in [6.45, 7) is 13.5. The first-order valence-corrected chi connectivity index (χ1v) is 6.64. The van der Waals surface area contributed by atoms with Gasteiger partial charge in [0, 0.05) is 0 Å². The molecule has 1 saturated carbocycles. The fraction of sp³-hybridized carbons (Fsp3) is 0.625. The lowest BCUT2D eigenvalue weighted by atomic mass is 9.82. The van der Waals surface area contributed by atoms with Crippen LogP contribution in [0.2, 0.25) is 0 Å². The van der Waals surface area contributed by atoms with Crippen LogP contribution in [0.4, 0.5) is 0 Å². The highest BCUT2D eigenvalue weighted by molar-refractivity contribution is 5.49. The predicted octanol–water partition coefficient (Wildman–Crippen LogP) is 4.57. The smallest absolute Gasteiger partial charge is 0.00296 e. The Balaban J connectivity index is 3.37. The number of hydrogen-bond acceptors (Lipinski definition) is 1. The Morgan fingerprint density at radius 2 is 1.94 bits per heavy atom. The molecule has 0 saturated heterocycles. The van der Waals surface area contributed by atoms with Crippen molar-refractivity contribution in [1.29, 1.82) is 0 Å². The molecule has 1 fully saturated rings. The van der Waals surface area contributed by atoms with E-state index in [9.17, 15) is 0 Å². The third-order valence-corrected chi connectivity index (χ3v) is 3.92. The van der Waals surface area contributed by atoms with Gasteiger partial charge in [0.05, 0.1) is 0 Å². The van der Waals surface area contributed by atoms with E-state index >= 15 is 0 Å². The topological polar surface area (TPSA) is 26.0 Å². The van der Waals surface area contributed by atoms with Crippen molar-refractivity contribution in [1.82, 2.24) is 0 Å². The van der Waals surface area contributed by atoms with E-state index in [0.717, 1.165) is 0 Å². The second kappa shape index (κ2) is 5.12. The van der Waals surface area contributed by atoms with Gasteiger partial charge in [-0.15, -0.1) is 0 Å². The van der Waals surface area contributed by atoms with E-state index in [-0.39, 0.29) is 0 Å². The lowest BCUT2D eigenvalue weighted by Crippen LogP contribution is -2.09. The van der Waals surface area contributed by atoms with Gasteiger partial charge in [0.1, 0.15) is 0 Å². The minimum Gasteiger partial charge on any atom is -0.404 e. The van der Waals surface area contributed by atoms with E-state index in [2.05, 4.69) is 47.6 Å². The molecule has 1 rings (SSSR count). The average molecular weight is 233 g/mol. The number of hydrogen-bond donors (Lipinski definition) is 1. The normalized spacial score (nSPS) is 25.8. The molecule has 0 amide bonds. The van der Waals surface area contributed by atoms with Crippen LogP contribution >= 0.6 is 0 Å². The van der Waals surface area contributed by atoms with E-state index in [1.807, 2.05) is 0 Å². The molecule has 0 spiro atoms. The van der Waals surface area contributed by atoms with Gasteiger partial charge in [-0.2, -0.15) is 0 Å². The summed E-state index contributed by atoms with van der Waals surface area (Å²) in [6, 6.07) is 0. The molecular formula is C16H27N. The SMILES string of the molecule is CC=C1/C(=C(\C(C)=C/N)C(C)C)CCC1(C)C. The molecule has 0 aromatic rings. The van der Waals surface area contributed by atoms with Crippen molar-refractivity contribution in [2.24, 2.45) is 17.1 Å². The van der Waals surface area contributed by atoms with E-state index < -0.39 is 0 Å². The first-order valence-electron chi connectivity index (χ1n) is 6.64. The van der Waals surface area contributed by atoms with Crippen LogP contribution in [0.25, 0.3) is 0 Å². The average Bonchev–Trinajstić information content (AvgIpc) is 2.53. The largest absolute Gasteiger partial charge is 0.404 e. The fourth-order valence-corrected chi connectivity index (χ4v) is 3.09. The lowest BCUT2D eigenvalue weighted by molar-refractivity contribution is 0.461. The van der Waals surface area contributed by atoms with Crippen LogP contribution in [-0.4, -0.2) is 0 Å². The van der Waals surface area contributed by atoms with Crippen LogP contribution in [0, 0.1) is 11.3 Å². The Kier molecular flexibility index (Phi) is 4.24. The zero-order valence-electron chi connectivity index (χ0n) is 12.2. The molecule has 0 unspecified atom stereocenters. The van der Waals surface area contributed by atoms with Gasteiger partial charge in [-0.05, 0) is 66.5 Å². The van der Waals surface area contributed by atoms with Gasteiger partial charge in [0.15, 0.2) is 0 Å². The monoisotopic (exact) mass is 233 g/mol. The zero-order valence-corrected chi connectivity index (χ0v) is 12.2. The predicted molar refractivity (Wildman–Crippen MR) is 76.6 cm³/mol. The molecule has 17 heavy (non-hydrogen) atoms. The zero-order chi connectivity index (χ0) is 13.2. The molecule has 1 aliphatic carbocycles. The highest BCUT2D eigenvalue weighted by Gasteiger charge is 2.34. The molecule has 0 radical (unpaired) electrons. The molecule has 96 valence electrons. The molecule has 0 aliphatic heterocycles. The van der Waals surface area contributed by atoms with Gasteiger partial charge in [0.25, 0.3) is 0 Å². The summed E-state index contributed by atoms with van der Waals surface area (Å²) in [5.74, 6) is 0.536. The molecule has 0 atom stereocenters. The number of allylic oxidation sites excluding steroid dienone is 5. The molecule has 0 aromatic heterocycles.